The lowest BCUT2D eigenvalue weighted by atomic mass is 9.97. The van der Waals surface area contributed by atoms with Crippen molar-refractivity contribution >= 4 is 5.71 Å². The first kappa shape index (κ1) is 7.90. The van der Waals surface area contributed by atoms with Crippen molar-refractivity contribution in [2.45, 2.75) is 19.4 Å². The smallest absolute Gasteiger partial charge is 0.124 e. The molecule has 2 rings (SSSR count). The minimum absolute atomic E-state index is 0.405. The van der Waals surface area contributed by atoms with Crippen LogP contribution in [0.3, 0.4) is 0 Å². The van der Waals surface area contributed by atoms with Gasteiger partial charge in [0, 0.05) is 6.20 Å². The van der Waals surface area contributed by atoms with Crippen LogP contribution in [0.1, 0.15) is 19.5 Å². The summed E-state index contributed by atoms with van der Waals surface area (Å²) in [5, 5.41) is 18.4. The Hall–Kier alpha value is -1.72. The zero-order valence-electron chi connectivity index (χ0n) is 7.44. The topological polar surface area (TPSA) is 77.8 Å². The van der Waals surface area contributed by atoms with Crippen molar-refractivity contribution in [1.82, 2.24) is 15.7 Å². The van der Waals surface area contributed by atoms with Crippen LogP contribution in [0.4, 0.5) is 0 Å². The number of hydrogen-bond donors (Lipinski definition) is 2. The highest BCUT2D eigenvalue weighted by Crippen LogP contribution is 2.18. The molecule has 6 heteroatoms. The van der Waals surface area contributed by atoms with Crippen molar-refractivity contribution in [2.75, 3.05) is 0 Å². The van der Waals surface area contributed by atoms with Gasteiger partial charge in [-0.3, -0.25) is 5.10 Å². The molecule has 0 saturated heterocycles. The SMILES string of the molecule is CC1(C)N=NNN=C1c1ccn[nH]1. The highest BCUT2D eigenvalue weighted by atomic mass is 15.6. The van der Waals surface area contributed by atoms with E-state index < -0.39 is 5.54 Å². The summed E-state index contributed by atoms with van der Waals surface area (Å²) in [6.45, 7) is 3.88. The molecular formula is C7H10N6. The predicted molar refractivity (Wildman–Crippen MR) is 47.2 cm³/mol. The maximum absolute atomic E-state index is 4.06. The molecule has 68 valence electrons. The maximum atomic E-state index is 4.06. The van der Waals surface area contributed by atoms with Gasteiger partial charge in [0.05, 0.1) is 5.69 Å². The van der Waals surface area contributed by atoms with Gasteiger partial charge in [-0.1, -0.05) is 5.22 Å². The van der Waals surface area contributed by atoms with Crippen molar-refractivity contribution < 1.29 is 0 Å². The lowest BCUT2D eigenvalue weighted by Crippen LogP contribution is -2.34. The fraction of sp³-hybridized carbons (Fsp3) is 0.429. The number of aromatic amines is 1. The van der Waals surface area contributed by atoms with E-state index in [1.165, 1.54) is 0 Å². The molecule has 0 fully saturated rings. The van der Waals surface area contributed by atoms with Crippen LogP contribution >= 0.6 is 0 Å². The summed E-state index contributed by atoms with van der Waals surface area (Å²) in [5.74, 6) is 0. The Morgan fingerprint density at radius 1 is 1.38 bits per heavy atom. The van der Waals surface area contributed by atoms with E-state index in [0.29, 0.717) is 0 Å². The van der Waals surface area contributed by atoms with E-state index in [4.69, 9.17) is 0 Å². The van der Waals surface area contributed by atoms with Crippen LogP contribution in [0.15, 0.2) is 27.7 Å². The average molecular weight is 178 g/mol. The van der Waals surface area contributed by atoms with E-state index in [9.17, 15) is 0 Å². The van der Waals surface area contributed by atoms with Crippen LogP contribution in [-0.2, 0) is 0 Å². The third-order valence-electron chi connectivity index (χ3n) is 1.84. The van der Waals surface area contributed by atoms with E-state index in [1.54, 1.807) is 6.20 Å². The third-order valence-corrected chi connectivity index (χ3v) is 1.84. The molecule has 0 bridgehead atoms. The van der Waals surface area contributed by atoms with Gasteiger partial charge in [0.2, 0.25) is 0 Å². The second-order valence-corrected chi connectivity index (χ2v) is 3.29. The molecule has 0 radical (unpaired) electrons. The standard InChI is InChI=1S/C7H10N6/c1-7(2)6(10-12-13-11-7)5-3-4-8-9-5/h3-4H,1-2H3,(H,8,9)(H,11,12). The number of rotatable bonds is 1. The molecule has 0 spiro atoms. The molecule has 1 aromatic rings. The van der Waals surface area contributed by atoms with Crippen molar-refractivity contribution in [2.24, 2.45) is 15.4 Å². The highest BCUT2D eigenvalue weighted by Gasteiger charge is 2.29. The van der Waals surface area contributed by atoms with Gasteiger partial charge < -0.3 is 0 Å². The van der Waals surface area contributed by atoms with Gasteiger partial charge in [0.1, 0.15) is 11.3 Å². The molecule has 1 aliphatic heterocycles. The Morgan fingerprint density at radius 3 is 2.85 bits per heavy atom. The summed E-state index contributed by atoms with van der Waals surface area (Å²) >= 11 is 0. The number of nitrogens with one attached hydrogen (secondary N) is 2. The molecule has 1 aromatic heterocycles. The second-order valence-electron chi connectivity index (χ2n) is 3.29. The molecule has 0 aromatic carbocycles. The largest absolute Gasteiger partial charge is 0.276 e. The lowest BCUT2D eigenvalue weighted by molar-refractivity contribution is 0.554. The summed E-state index contributed by atoms with van der Waals surface area (Å²) in [4.78, 5) is 0. The first-order valence-corrected chi connectivity index (χ1v) is 3.95. The Labute approximate surface area is 75.1 Å². The fourth-order valence-electron chi connectivity index (χ4n) is 1.18. The molecule has 0 aliphatic carbocycles. The van der Waals surface area contributed by atoms with Crippen LogP contribution in [0.25, 0.3) is 0 Å². The Bertz CT molecular complexity index is 347. The van der Waals surface area contributed by atoms with Crippen LogP contribution in [0, 0.1) is 0 Å². The molecule has 0 amide bonds. The molecule has 2 N–H and O–H groups in total. The maximum Gasteiger partial charge on any atom is 0.124 e. The zero-order chi connectivity index (χ0) is 9.31. The van der Waals surface area contributed by atoms with Gasteiger partial charge in [-0.05, 0) is 19.9 Å². The molecule has 6 nitrogen and oxygen atoms in total. The minimum atomic E-state index is -0.405. The number of nitrogens with zero attached hydrogens (tertiary/aromatic N) is 4. The lowest BCUT2D eigenvalue weighted by Gasteiger charge is -2.21. The van der Waals surface area contributed by atoms with E-state index >= 15 is 0 Å². The number of hydrogen-bond acceptors (Lipinski definition) is 5. The molecule has 0 saturated carbocycles. The normalized spacial score (nSPS) is 19.4. The van der Waals surface area contributed by atoms with Crippen molar-refractivity contribution in [3.05, 3.63) is 18.0 Å². The van der Waals surface area contributed by atoms with Gasteiger partial charge in [-0.15, -0.1) is 0 Å². The van der Waals surface area contributed by atoms with Gasteiger partial charge in [-0.25, -0.2) is 0 Å². The van der Waals surface area contributed by atoms with Crippen LogP contribution in [-0.4, -0.2) is 21.4 Å². The Balaban J connectivity index is 2.39. The first-order chi connectivity index (χ1) is 6.20. The Kier molecular flexibility index (Phi) is 1.61. The van der Waals surface area contributed by atoms with Crippen LogP contribution in [0.5, 0.6) is 0 Å². The molecule has 2 heterocycles. The summed E-state index contributed by atoms with van der Waals surface area (Å²) in [6.07, 6.45) is 1.68. The zero-order valence-corrected chi connectivity index (χ0v) is 7.44. The van der Waals surface area contributed by atoms with E-state index in [-0.39, 0.29) is 0 Å². The van der Waals surface area contributed by atoms with Crippen LogP contribution in [0.2, 0.25) is 0 Å². The first-order valence-electron chi connectivity index (χ1n) is 3.95. The van der Waals surface area contributed by atoms with Gasteiger partial charge in [0.15, 0.2) is 0 Å². The van der Waals surface area contributed by atoms with Crippen molar-refractivity contribution in [3.63, 3.8) is 0 Å². The summed E-state index contributed by atoms with van der Waals surface area (Å²) in [6, 6.07) is 1.85. The summed E-state index contributed by atoms with van der Waals surface area (Å²) in [5.41, 5.74) is 3.74. The quantitative estimate of drug-likeness (QED) is 0.669. The summed E-state index contributed by atoms with van der Waals surface area (Å²) < 4.78 is 0. The van der Waals surface area contributed by atoms with E-state index in [1.807, 2.05) is 19.9 Å². The minimum Gasteiger partial charge on any atom is -0.276 e. The highest BCUT2D eigenvalue weighted by molar-refractivity contribution is 6.05. The molecular weight excluding hydrogens is 168 g/mol. The molecule has 0 atom stereocenters. The molecule has 1 aliphatic rings. The third kappa shape index (κ3) is 1.30. The summed E-state index contributed by atoms with van der Waals surface area (Å²) in [7, 11) is 0. The second kappa shape index (κ2) is 2.65. The van der Waals surface area contributed by atoms with Crippen LogP contribution < -0.4 is 5.53 Å². The number of hydrazone groups is 1. The number of aromatic nitrogens is 2. The van der Waals surface area contributed by atoms with Gasteiger partial charge in [-0.2, -0.15) is 20.8 Å². The molecule has 13 heavy (non-hydrogen) atoms. The van der Waals surface area contributed by atoms with Gasteiger partial charge >= 0.3 is 0 Å². The predicted octanol–water partition coefficient (Wildman–Crippen LogP) is 0.863. The van der Waals surface area contributed by atoms with Gasteiger partial charge in [0.25, 0.3) is 0 Å². The van der Waals surface area contributed by atoms with E-state index in [2.05, 4.69) is 31.2 Å². The number of H-pyrrole nitrogens is 1. The fourth-order valence-corrected chi connectivity index (χ4v) is 1.18. The van der Waals surface area contributed by atoms with E-state index in [0.717, 1.165) is 11.4 Å². The van der Waals surface area contributed by atoms with Crippen molar-refractivity contribution in [3.8, 4) is 0 Å². The average Bonchev–Trinajstić information content (AvgIpc) is 2.55. The monoisotopic (exact) mass is 178 g/mol. The molecule has 0 unspecified atom stereocenters. The Morgan fingerprint density at radius 2 is 2.23 bits per heavy atom. The van der Waals surface area contributed by atoms with Crippen molar-refractivity contribution in [1.29, 1.82) is 0 Å².